The normalized spacial score (nSPS) is 10.0. The highest BCUT2D eigenvalue weighted by Crippen LogP contribution is 2.32. The van der Waals surface area contributed by atoms with E-state index < -0.39 is 5.60 Å². The minimum atomic E-state index is -0.500. The molecule has 3 rings (SSSR count). The van der Waals surface area contributed by atoms with Gasteiger partial charge in [-0.25, -0.2) is 0 Å². The van der Waals surface area contributed by atoms with E-state index in [4.69, 9.17) is 28.4 Å². The Balaban J connectivity index is 0.000000555. The number of nitrogens with zero attached hydrogens (tertiary/aromatic N) is 2. The quantitative estimate of drug-likeness (QED) is 0.455. The van der Waals surface area contributed by atoms with E-state index in [-0.39, 0.29) is 12.0 Å². The van der Waals surface area contributed by atoms with Gasteiger partial charge in [0.15, 0.2) is 0 Å². The number of rotatable bonds is 3. The number of hydrogen-bond donors (Lipinski definition) is 1. The summed E-state index contributed by atoms with van der Waals surface area (Å²) >= 11 is 5.98. The lowest BCUT2D eigenvalue weighted by Gasteiger charge is -2.16. The van der Waals surface area contributed by atoms with Crippen molar-refractivity contribution in [3.63, 3.8) is 0 Å². The number of fused-ring (bicyclic) bond motifs is 1. The Morgan fingerprint density at radius 2 is 1.69 bits per heavy atom. The lowest BCUT2D eigenvalue weighted by atomic mass is 9.94. The van der Waals surface area contributed by atoms with Crippen LogP contribution in [0.3, 0.4) is 0 Å². The lowest BCUT2D eigenvalue weighted by molar-refractivity contribution is -0.107. The number of halogens is 1. The van der Waals surface area contributed by atoms with E-state index in [1.807, 2.05) is 18.2 Å². The zero-order chi connectivity index (χ0) is 24.5. The van der Waals surface area contributed by atoms with Crippen LogP contribution >= 0.6 is 11.6 Å². The van der Waals surface area contributed by atoms with E-state index in [2.05, 4.69) is 5.92 Å². The molecular formula is C26H27ClN2O3. The van der Waals surface area contributed by atoms with Crippen molar-refractivity contribution in [2.24, 2.45) is 7.05 Å². The average molecular weight is 451 g/mol. The molecule has 0 atom stereocenters. The van der Waals surface area contributed by atoms with Gasteiger partial charge in [-0.2, -0.15) is 5.26 Å². The van der Waals surface area contributed by atoms with E-state index in [0.29, 0.717) is 21.7 Å². The van der Waals surface area contributed by atoms with E-state index in [9.17, 15) is 9.59 Å². The van der Waals surface area contributed by atoms with Gasteiger partial charge < -0.3 is 14.5 Å². The Bertz CT molecular complexity index is 1220. The van der Waals surface area contributed by atoms with Crippen LogP contribution in [-0.2, 0) is 18.3 Å². The van der Waals surface area contributed by atoms with Gasteiger partial charge in [0.1, 0.15) is 6.29 Å². The first-order valence-corrected chi connectivity index (χ1v) is 10.2. The standard InChI is InChI=1S/C20H14ClNO2.C4H10O.C2H3N/c1-3-13-4-9-16-17(12-13)19(14-5-7-15(21)8-6-14)18(10-11-23)22(2)20(16)24;1-4(2,3)5;1-2-3/h1,4-9,11-12H,10H2,2H3;5H,1-3H3;1H3. The van der Waals surface area contributed by atoms with Crippen LogP contribution in [0.25, 0.3) is 21.9 Å². The summed E-state index contributed by atoms with van der Waals surface area (Å²) in [4.78, 5) is 23.8. The maximum absolute atomic E-state index is 12.6. The first-order chi connectivity index (χ1) is 15.0. The fourth-order valence-corrected chi connectivity index (χ4v) is 3.04. The molecule has 1 N–H and O–H groups in total. The number of nitriles is 1. The Morgan fingerprint density at radius 1 is 1.16 bits per heavy atom. The summed E-state index contributed by atoms with van der Waals surface area (Å²) in [6.07, 6.45) is 6.44. The van der Waals surface area contributed by atoms with Crippen LogP contribution in [0.4, 0.5) is 0 Å². The van der Waals surface area contributed by atoms with E-state index >= 15 is 0 Å². The van der Waals surface area contributed by atoms with Gasteiger partial charge >= 0.3 is 0 Å². The van der Waals surface area contributed by atoms with Crippen LogP contribution in [0.5, 0.6) is 0 Å². The molecule has 5 nitrogen and oxygen atoms in total. The predicted molar refractivity (Wildman–Crippen MR) is 131 cm³/mol. The summed E-state index contributed by atoms with van der Waals surface area (Å²) in [5.74, 6) is 2.59. The Morgan fingerprint density at radius 3 is 2.16 bits per heavy atom. The molecular weight excluding hydrogens is 424 g/mol. The highest BCUT2D eigenvalue weighted by atomic mass is 35.5. The van der Waals surface area contributed by atoms with Crippen molar-refractivity contribution in [2.75, 3.05) is 0 Å². The molecule has 0 bridgehead atoms. The second kappa shape index (κ2) is 11.9. The first-order valence-electron chi connectivity index (χ1n) is 9.83. The van der Waals surface area contributed by atoms with Gasteiger partial charge in [-0.15, -0.1) is 6.42 Å². The van der Waals surface area contributed by atoms with Crippen LogP contribution in [-0.4, -0.2) is 21.6 Å². The maximum Gasteiger partial charge on any atom is 0.258 e. The SMILES string of the molecule is C#Cc1ccc2c(=O)n(C)c(CC=O)c(-c3ccc(Cl)cc3)c2c1.CC#N.CC(C)(C)O. The van der Waals surface area contributed by atoms with Gasteiger partial charge in [-0.1, -0.05) is 29.7 Å². The molecule has 166 valence electrons. The zero-order valence-electron chi connectivity index (χ0n) is 18.9. The second-order valence-electron chi connectivity index (χ2n) is 7.86. The molecule has 0 unspecified atom stereocenters. The third-order valence-corrected chi connectivity index (χ3v) is 4.35. The third kappa shape index (κ3) is 7.39. The molecule has 0 spiro atoms. The van der Waals surface area contributed by atoms with Crippen LogP contribution in [0, 0.1) is 23.7 Å². The monoisotopic (exact) mass is 450 g/mol. The summed E-state index contributed by atoms with van der Waals surface area (Å²) < 4.78 is 1.52. The number of benzene rings is 2. The minimum absolute atomic E-state index is 0.139. The predicted octanol–water partition coefficient (Wildman–Crippen LogP) is 4.89. The van der Waals surface area contributed by atoms with E-state index in [0.717, 1.165) is 22.8 Å². The van der Waals surface area contributed by atoms with Gasteiger partial charge in [0, 0.05) is 47.6 Å². The number of aromatic nitrogens is 1. The van der Waals surface area contributed by atoms with Gasteiger partial charge in [-0.3, -0.25) is 4.79 Å². The summed E-state index contributed by atoms with van der Waals surface area (Å²) in [5, 5.41) is 17.8. The highest BCUT2D eigenvalue weighted by molar-refractivity contribution is 6.30. The highest BCUT2D eigenvalue weighted by Gasteiger charge is 2.16. The number of pyridine rings is 1. The van der Waals surface area contributed by atoms with Crippen molar-refractivity contribution in [3.8, 4) is 29.5 Å². The van der Waals surface area contributed by atoms with Gasteiger partial charge in [0.25, 0.3) is 5.56 Å². The molecule has 0 aliphatic carbocycles. The summed E-state index contributed by atoms with van der Waals surface area (Å²) in [6.45, 7) is 6.66. The van der Waals surface area contributed by atoms with Crippen LogP contribution in [0.1, 0.15) is 39.0 Å². The van der Waals surface area contributed by atoms with Gasteiger partial charge in [0.2, 0.25) is 0 Å². The molecule has 0 fully saturated rings. The molecule has 6 heteroatoms. The van der Waals surface area contributed by atoms with Crippen LogP contribution in [0.15, 0.2) is 47.3 Å². The summed E-state index contributed by atoms with van der Waals surface area (Å²) in [7, 11) is 1.68. The molecule has 0 radical (unpaired) electrons. The fraction of sp³-hybridized carbons (Fsp3) is 0.269. The molecule has 0 amide bonds. The van der Waals surface area contributed by atoms with Crippen molar-refractivity contribution in [1.29, 1.82) is 5.26 Å². The molecule has 1 heterocycles. The third-order valence-electron chi connectivity index (χ3n) is 4.09. The Labute approximate surface area is 193 Å². The van der Waals surface area contributed by atoms with Crippen molar-refractivity contribution in [2.45, 2.75) is 39.7 Å². The van der Waals surface area contributed by atoms with E-state index in [1.165, 1.54) is 11.5 Å². The van der Waals surface area contributed by atoms with Crippen LogP contribution in [0.2, 0.25) is 5.02 Å². The zero-order valence-corrected chi connectivity index (χ0v) is 19.7. The largest absolute Gasteiger partial charge is 0.391 e. The first kappa shape index (κ1) is 26.7. The Kier molecular flexibility index (Phi) is 9.88. The molecule has 32 heavy (non-hydrogen) atoms. The van der Waals surface area contributed by atoms with Crippen molar-refractivity contribution < 1.29 is 9.90 Å². The maximum atomic E-state index is 12.6. The number of carbonyl (C=O) groups is 1. The molecule has 0 saturated carbocycles. The fourth-order valence-electron chi connectivity index (χ4n) is 2.91. The molecule has 0 aliphatic rings. The number of aliphatic hydroxyl groups is 1. The summed E-state index contributed by atoms with van der Waals surface area (Å²) in [6, 6.07) is 14.4. The lowest BCUT2D eigenvalue weighted by Crippen LogP contribution is -2.22. The Hall–Kier alpha value is -3.38. The topological polar surface area (TPSA) is 83.1 Å². The van der Waals surface area contributed by atoms with Crippen molar-refractivity contribution in [1.82, 2.24) is 4.57 Å². The van der Waals surface area contributed by atoms with Gasteiger partial charge in [-0.05, 0) is 62.1 Å². The number of terminal acetylenes is 1. The van der Waals surface area contributed by atoms with E-state index in [1.54, 1.807) is 58.2 Å². The number of carbonyl (C=O) groups excluding carboxylic acids is 1. The van der Waals surface area contributed by atoms with Gasteiger partial charge in [0.05, 0.1) is 11.7 Å². The molecule has 0 saturated heterocycles. The van der Waals surface area contributed by atoms with Crippen molar-refractivity contribution >= 4 is 28.7 Å². The average Bonchev–Trinajstić information content (AvgIpc) is 2.72. The molecule has 3 aromatic rings. The second-order valence-corrected chi connectivity index (χ2v) is 8.30. The summed E-state index contributed by atoms with van der Waals surface area (Å²) in [5.41, 5.74) is 2.39. The van der Waals surface area contributed by atoms with Crippen molar-refractivity contribution in [3.05, 3.63) is 69.1 Å². The smallest absolute Gasteiger partial charge is 0.258 e. The molecule has 2 aromatic carbocycles. The molecule has 1 aromatic heterocycles. The number of aldehydes is 1. The van der Waals surface area contributed by atoms with Crippen LogP contribution < -0.4 is 5.56 Å². The minimum Gasteiger partial charge on any atom is -0.391 e. The number of hydrogen-bond acceptors (Lipinski definition) is 4. The molecule has 0 aliphatic heterocycles.